The highest BCUT2D eigenvalue weighted by Crippen LogP contribution is 2.40. The van der Waals surface area contributed by atoms with Crippen molar-refractivity contribution in [3.63, 3.8) is 0 Å². The van der Waals surface area contributed by atoms with Crippen LogP contribution in [0.1, 0.15) is 70.3 Å². The number of benzene rings is 3. The van der Waals surface area contributed by atoms with E-state index in [-0.39, 0.29) is 18.2 Å². The van der Waals surface area contributed by atoms with Crippen LogP contribution < -0.4 is 16.0 Å². The number of esters is 1. The van der Waals surface area contributed by atoms with Gasteiger partial charge in [-0.1, -0.05) is 61.8 Å². The molecule has 49 heavy (non-hydrogen) atoms. The monoisotopic (exact) mass is 715 g/mol. The molecule has 5 rings (SSSR count). The predicted octanol–water partition coefficient (Wildman–Crippen LogP) is 8.62. The first-order valence-electron chi connectivity index (χ1n) is 16.2. The molecule has 0 spiro atoms. The van der Waals surface area contributed by atoms with Crippen molar-refractivity contribution in [1.82, 2.24) is 5.32 Å². The topological polar surface area (TPSA) is 114 Å². The number of fused-ring (bicyclic) bond motifs is 1. The summed E-state index contributed by atoms with van der Waals surface area (Å²) in [7, 11) is 0. The molecule has 1 aliphatic carbocycles. The highest BCUT2D eigenvalue weighted by atomic mass is 35.5. The lowest BCUT2D eigenvalue weighted by Crippen LogP contribution is -2.30. The smallest absolute Gasteiger partial charge is 0.341 e. The highest BCUT2D eigenvalue weighted by molar-refractivity contribution is 8.00. The minimum Gasteiger partial charge on any atom is -0.462 e. The van der Waals surface area contributed by atoms with Gasteiger partial charge in [0.2, 0.25) is 5.91 Å². The predicted molar refractivity (Wildman–Crippen MR) is 198 cm³/mol. The fourth-order valence-electron chi connectivity index (χ4n) is 5.49. The molecule has 0 fully saturated rings. The number of carbonyl (C=O) groups is 4. The van der Waals surface area contributed by atoms with Gasteiger partial charge in [-0.2, -0.15) is 0 Å². The summed E-state index contributed by atoms with van der Waals surface area (Å²) in [5.74, 6) is -1.07. The van der Waals surface area contributed by atoms with Crippen molar-refractivity contribution in [3.05, 3.63) is 117 Å². The van der Waals surface area contributed by atoms with Gasteiger partial charge in [-0.05, 0) is 98.2 Å². The molecule has 3 aromatic carbocycles. The first-order valence-corrected chi connectivity index (χ1v) is 18.3. The molecular formula is C38H38ClN3O5S2. The van der Waals surface area contributed by atoms with Crippen LogP contribution in [0.2, 0.25) is 5.02 Å². The van der Waals surface area contributed by atoms with E-state index in [0.29, 0.717) is 44.7 Å². The fourth-order valence-corrected chi connectivity index (χ4v) is 8.10. The van der Waals surface area contributed by atoms with Crippen LogP contribution in [-0.2, 0) is 27.2 Å². The van der Waals surface area contributed by atoms with Gasteiger partial charge in [0.1, 0.15) is 10.7 Å². The first-order chi connectivity index (χ1) is 23.6. The van der Waals surface area contributed by atoms with Gasteiger partial charge in [0.15, 0.2) is 0 Å². The number of hydrogen-bond donors (Lipinski definition) is 3. The molecule has 0 saturated heterocycles. The highest BCUT2D eigenvalue weighted by Gasteiger charge is 2.30. The zero-order valence-corrected chi connectivity index (χ0v) is 29.9. The van der Waals surface area contributed by atoms with Gasteiger partial charge in [-0.3, -0.25) is 14.4 Å². The molecule has 0 saturated carbocycles. The molecule has 254 valence electrons. The van der Waals surface area contributed by atoms with E-state index >= 15 is 0 Å². The molecule has 8 nitrogen and oxygen atoms in total. The Morgan fingerprint density at radius 2 is 1.78 bits per heavy atom. The van der Waals surface area contributed by atoms with E-state index in [9.17, 15) is 19.2 Å². The first kappa shape index (κ1) is 35.9. The van der Waals surface area contributed by atoms with Crippen molar-refractivity contribution in [3.8, 4) is 0 Å². The van der Waals surface area contributed by atoms with Gasteiger partial charge in [-0.25, -0.2) is 4.79 Å². The zero-order chi connectivity index (χ0) is 34.9. The average molecular weight is 716 g/mol. The number of nitrogens with one attached hydrogen (secondary N) is 3. The number of ether oxygens (including phenoxy) is 1. The fraction of sp³-hybridized carbons (Fsp3) is 0.263. The Kier molecular flexibility index (Phi) is 12.3. The van der Waals surface area contributed by atoms with E-state index in [1.165, 1.54) is 23.1 Å². The lowest BCUT2D eigenvalue weighted by atomic mass is 9.88. The van der Waals surface area contributed by atoms with Crippen LogP contribution in [0.4, 0.5) is 10.7 Å². The van der Waals surface area contributed by atoms with Gasteiger partial charge in [0, 0.05) is 26.0 Å². The maximum Gasteiger partial charge on any atom is 0.341 e. The normalized spacial score (nSPS) is 14.7. The third-order valence-corrected chi connectivity index (χ3v) is 10.7. The van der Waals surface area contributed by atoms with Crippen molar-refractivity contribution in [2.24, 2.45) is 5.92 Å². The molecule has 3 N–H and O–H groups in total. The van der Waals surface area contributed by atoms with Crippen molar-refractivity contribution in [2.45, 2.75) is 56.6 Å². The summed E-state index contributed by atoms with van der Waals surface area (Å²) in [6, 6.07) is 22.8. The summed E-state index contributed by atoms with van der Waals surface area (Å²) in [5, 5.41) is 9.22. The van der Waals surface area contributed by atoms with Gasteiger partial charge in [0.05, 0.1) is 17.4 Å². The summed E-state index contributed by atoms with van der Waals surface area (Å²) < 4.78 is 5.37. The van der Waals surface area contributed by atoms with Crippen LogP contribution in [-0.4, -0.2) is 35.5 Å². The van der Waals surface area contributed by atoms with Crippen LogP contribution in [0.5, 0.6) is 0 Å². The Labute approximate surface area is 299 Å². The number of amides is 3. The van der Waals surface area contributed by atoms with E-state index in [2.05, 4.69) is 22.9 Å². The average Bonchev–Trinajstić information content (AvgIpc) is 3.44. The molecule has 1 aromatic heterocycles. The maximum absolute atomic E-state index is 13.6. The molecular weight excluding hydrogens is 678 g/mol. The number of anilines is 2. The third kappa shape index (κ3) is 9.41. The standard InChI is InChI=1S/C38H38ClN3O5S2/c1-4-31(36(45)42-37-33(38(46)47-5-2)29-18-17-23(3)19-32(29)49-37)48-28-16-10-15-27(22-28)40-35(44)30(21-24-11-9-14-26(39)20-24)41-34(43)25-12-7-6-8-13-25/h6-16,20-23,31H,4-5,17-19H2,1-3H3,(H,40,44)(H,41,43)(H,42,45)/b30-21-. The molecule has 0 aliphatic heterocycles. The Balaban J connectivity index is 1.32. The second-order valence-corrected chi connectivity index (χ2v) is 14.5. The van der Waals surface area contributed by atoms with Crippen LogP contribution in [0.3, 0.4) is 0 Å². The van der Waals surface area contributed by atoms with Gasteiger partial charge >= 0.3 is 5.97 Å². The molecule has 3 amide bonds. The number of hydrogen-bond acceptors (Lipinski definition) is 7. The van der Waals surface area contributed by atoms with Crippen molar-refractivity contribution in [1.29, 1.82) is 0 Å². The molecule has 0 bridgehead atoms. The minimum atomic E-state index is -0.529. The SMILES string of the molecule is CCOC(=O)c1c(NC(=O)C(CC)Sc2cccc(NC(=O)/C(=C/c3cccc(Cl)c3)NC(=O)c3ccccc3)c2)sc2c1CCC(C)C2. The lowest BCUT2D eigenvalue weighted by Gasteiger charge is -2.18. The Morgan fingerprint density at radius 3 is 2.51 bits per heavy atom. The van der Waals surface area contributed by atoms with Crippen molar-refractivity contribution >= 4 is 75.2 Å². The quantitative estimate of drug-likeness (QED) is 0.0769. The van der Waals surface area contributed by atoms with Crippen LogP contribution >= 0.6 is 34.7 Å². The maximum atomic E-state index is 13.6. The summed E-state index contributed by atoms with van der Waals surface area (Å²) in [5.41, 5.74) is 3.03. The van der Waals surface area contributed by atoms with E-state index in [0.717, 1.165) is 34.6 Å². The van der Waals surface area contributed by atoms with E-state index < -0.39 is 23.0 Å². The van der Waals surface area contributed by atoms with Gasteiger partial charge in [-0.15, -0.1) is 23.1 Å². The number of rotatable bonds is 12. The summed E-state index contributed by atoms with van der Waals surface area (Å²) in [6.45, 7) is 6.15. The third-order valence-electron chi connectivity index (χ3n) is 7.95. The molecule has 1 aliphatic rings. The molecule has 2 unspecified atom stereocenters. The van der Waals surface area contributed by atoms with E-state index in [4.69, 9.17) is 16.3 Å². The number of thiophene rings is 1. The second kappa shape index (κ2) is 16.8. The second-order valence-electron chi connectivity index (χ2n) is 11.7. The Hall–Kier alpha value is -4.38. The van der Waals surface area contributed by atoms with Crippen LogP contribution in [0.25, 0.3) is 6.08 Å². The Bertz CT molecular complexity index is 1870. The van der Waals surface area contributed by atoms with Gasteiger partial charge < -0.3 is 20.7 Å². The summed E-state index contributed by atoms with van der Waals surface area (Å²) in [4.78, 5) is 55.1. The Morgan fingerprint density at radius 1 is 1.00 bits per heavy atom. The molecule has 0 radical (unpaired) electrons. The number of thioether (sulfide) groups is 1. The minimum absolute atomic E-state index is 0.0328. The van der Waals surface area contributed by atoms with Crippen molar-refractivity contribution < 1.29 is 23.9 Å². The summed E-state index contributed by atoms with van der Waals surface area (Å²) in [6.07, 6.45) is 4.74. The molecule has 2 atom stereocenters. The summed E-state index contributed by atoms with van der Waals surface area (Å²) >= 11 is 9.00. The molecule has 1 heterocycles. The zero-order valence-electron chi connectivity index (χ0n) is 27.5. The van der Waals surface area contributed by atoms with Crippen LogP contribution in [0.15, 0.2) is 89.5 Å². The van der Waals surface area contributed by atoms with Crippen LogP contribution in [0, 0.1) is 5.92 Å². The van der Waals surface area contributed by atoms with E-state index in [1.807, 2.05) is 13.0 Å². The lowest BCUT2D eigenvalue weighted by molar-refractivity contribution is -0.116. The molecule has 11 heteroatoms. The van der Waals surface area contributed by atoms with E-state index in [1.54, 1.807) is 85.8 Å². The number of carbonyl (C=O) groups excluding carboxylic acids is 4. The number of halogens is 1. The van der Waals surface area contributed by atoms with Crippen molar-refractivity contribution in [2.75, 3.05) is 17.2 Å². The molecule has 4 aromatic rings. The largest absolute Gasteiger partial charge is 0.462 e. The van der Waals surface area contributed by atoms with Gasteiger partial charge in [0.25, 0.3) is 11.8 Å².